The van der Waals surface area contributed by atoms with Crippen molar-refractivity contribution in [2.75, 3.05) is 0 Å². The maximum Gasteiger partial charge on any atom is 0.136 e. The molecule has 0 N–H and O–H groups in total. The lowest BCUT2D eigenvalue weighted by Crippen LogP contribution is -2.31. The summed E-state index contributed by atoms with van der Waals surface area (Å²) in [6, 6.07) is 0. The summed E-state index contributed by atoms with van der Waals surface area (Å²) in [5.74, 6) is 3.34. The summed E-state index contributed by atoms with van der Waals surface area (Å²) >= 11 is 0. The van der Waals surface area contributed by atoms with Gasteiger partial charge in [-0.1, -0.05) is 57.8 Å². The Morgan fingerprint density at radius 1 is 0.696 bits per heavy atom. The summed E-state index contributed by atoms with van der Waals surface area (Å²) in [7, 11) is 0. The van der Waals surface area contributed by atoms with Gasteiger partial charge in [0.05, 0.1) is 0 Å². The number of carbonyl (C=O) groups is 2. The SMILES string of the molecule is O=C(CCC(=O)C1CCC2CCCCC2C1)CC1CCCCC1. The molecular formula is C21H34O2. The Hall–Kier alpha value is -0.660. The van der Waals surface area contributed by atoms with Gasteiger partial charge in [0.2, 0.25) is 0 Å². The van der Waals surface area contributed by atoms with Gasteiger partial charge in [0.15, 0.2) is 0 Å². The monoisotopic (exact) mass is 318 g/mol. The van der Waals surface area contributed by atoms with Crippen molar-refractivity contribution in [3.63, 3.8) is 0 Å². The Kier molecular flexibility index (Phi) is 6.30. The van der Waals surface area contributed by atoms with E-state index in [9.17, 15) is 9.59 Å². The molecule has 0 radical (unpaired) electrons. The predicted octanol–water partition coefficient (Wildman–Crippen LogP) is 5.48. The van der Waals surface area contributed by atoms with Gasteiger partial charge in [-0.2, -0.15) is 0 Å². The molecule has 23 heavy (non-hydrogen) atoms. The van der Waals surface area contributed by atoms with Crippen LogP contribution in [0.3, 0.4) is 0 Å². The molecule has 0 bridgehead atoms. The molecule has 0 aromatic carbocycles. The van der Waals surface area contributed by atoms with E-state index in [0.29, 0.717) is 30.3 Å². The summed E-state index contributed by atoms with van der Waals surface area (Å²) in [6.07, 6.45) is 17.1. The van der Waals surface area contributed by atoms with Gasteiger partial charge in [-0.05, 0) is 37.0 Å². The Balaban J connectivity index is 1.37. The van der Waals surface area contributed by atoms with Crippen molar-refractivity contribution in [1.29, 1.82) is 0 Å². The Labute approximate surface area is 141 Å². The summed E-state index contributed by atoms with van der Waals surface area (Å²) in [4.78, 5) is 24.7. The highest BCUT2D eigenvalue weighted by atomic mass is 16.1. The third-order valence-electron chi connectivity index (χ3n) is 6.89. The predicted molar refractivity (Wildman–Crippen MR) is 93.2 cm³/mol. The highest BCUT2D eigenvalue weighted by Crippen LogP contribution is 2.43. The van der Waals surface area contributed by atoms with Gasteiger partial charge in [-0.25, -0.2) is 0 Å². The average Bonchev–Trinajstić information content (AvgIpc) is 2.60. The summed E-state index contributed by atoms with van der Waals surface area (Å²) in [6.45, 7) is 0. The Morgan fingerprint density at radius 2 is 1.39 bits per heavy atom. The van der Waals surface area contributed by atoms with Gasteiger partial charge < -0.3 is 0 Å². The van der Waals surface area contributed by atoms with Gasteiger partial charge in [-0.3, -0.25) is 9.59 Å². The molecule has 2 heteroatoms. The number of fused-ring (bicyclic) bond motifs is 1. The second-order valence-electron chi connectivity index (χ2n) is 8.53. The van der Waals surface area contributed by atoms with E-state index in [4.69, 9.17) is 0 Å². The number of hydrogen-bond donors (Lipinski definition) is 0. The molecule has 2 nitrogen and oxygen atoms in total. The van der Waals surface area contributed by atoms with Crippen molar-refractivity contribution in [2.24, 2.45) is 23.7 Å². The zero-order chi connectivity index (χ0) is 16.1. The van der Waals surface area contributed by atoms with E-state index < -0.39 is 0 Å². The highest BCUT2D eigenvalue weighted by Gasteiger charge is 2.34. The number of rotatable bonds is 6. The zero-order valence-corrected chi connectivity index (χ0v) is 14.7. The summed E-state index contributed by atoms with van der Waals surface area (Å²) in [5.41, 5.74) is 0. The van der Waals surface area contributed by atoms with Crippen LogP contribution in [0.25, 0.3) is 0 Å². The molecule has 3 rings (SSSR count). The maximum absolute atomic E-state index is 12.5. The van der Waals surface area contributed by atoms with Crippen LogP contribution in [-0.4, -0.2) is 11.6 Å². The molecule has 130 valence electrons. The lowest BCUT2D eigenvalue weighted by atomic mass is 9.66. The minimum Gasteiger partial charge on any atom is -0.300 e. The van der Waals surface area contributed by atoms with Crippen LogP contribution in [0.15, 0.2) is 0 Å². The Morgan fingerprint density at radius 3 is 2.17 bits per heavy atom. The third-order valence-corrected chi connectivity index (χ3v) is 6.89. The molecule has 3 aliphatic carbocycles. The minimum absolute atomic E-state index is 0.275. The number of ketones is 2. The number of hydrogen-bond acceptors (Lipinski definition) is 2. The molecule has 3 atom stereocenters. The minimum atomic E-state index is 0.275. The molecule has 0 spiro atoms. The summed E-state index contributed by atoms with van der Waals surface area (Å²) in [5, 5.41) is 0. The van der Waals surface area contributed by atoms with Crippen LogP contribution in [0, 0.1) is 23.7 Å². The van der Waals surface area contributed by atoms with E-state index in [1.165, 1.54) is 64.2 Å². The molecule has 3 saturated carbocycles. The molecule has 3 aliphatic rings. The average molecular weight is 319 g/mol. The highest BCUT2D eigenvalue weighted by molar-refractivity contribution is 5.87. The van der Waals surface area contributed by atoms with Crippen LogP contribution in [0.4, 0.5) is 0 Å². The van der Waals surface area contributed by atoms with E-state index in [0.717, 1.165) is 31.1 Å². The van der Waals surface area contributed by atoms with Gasteiger partial charge in [0, 0.05) is 25.2 Å². The first-order valence-electron chi connectivity index (χ1n) is 10.3. The number of carbonyl (C=O) groups excluding carboxylic acids is 2. The molecule has 3 unspecified atom stereocenters. The quantitative estimate of drug-likeness (QED) is 0.649. The zero-order valence-electron chi connectivity index (χ0n) is 14.7. The lowest BCUT2D eigenvalue weighted by Gasteiger charge is -2.38. The van der Waals surface area contributed by atoms with E-state index in [1.807, 2.05) is 0 Å². The molecule has 0 aliphatic heterocycles. The van der Waals surface area contributed by atoms with Crippen LogP contribution in [0.1, 0.15) is 96.3 Å². The second-order valence-corrected chi connectivity index (χ2v) is 8.53. The molecular weight excluding hydrogens is 284 g/mol. The van der Waals surface area contributed by atoms with E-state index in [2.05, 4.69) is 0 Å². The largest absolute Gasteiger partial charge is 0.300 e. The third kappa shape index (κ3) is 4.90. The summed E-state index contributed by atoms with van der Waals surface area (Å²) < 4.78 is 0. The van der Waals surface area contributed by atoms with Crippen molar-refractivity contribution >= 4 is 11.6 Å². The second kappa shape index (κ2) is 8.44. The molecule has 0 heterocycles. The van der Waals surface area contributed by atoms with E-state index >= 15 is 0 Å². The van der Waals surface area contributed by atoms with Gasteiger partial charge in [0.25, 0.3) is 0 Å². The van der Waals surface area contributed by atoms with Crippen LogP contribution >= 0.6 is 0 Å². The van der Waals surface area contributed by atoms with Crippen molar-refractivity contribution in [1.82, 2.24) is 0 Å². The first-order valence-corrected chi connectivity index (χ1v) is 10.3. The Bertz CT molecular complexity index is 408. The standard InChI is InChI=1S/C21H34O2/c22-20(14-16-6-2-1-3-7-16)12-13-21(23)19-11-10-17-8-4-5-9-18(17)15-19/h16-19H,1-15H2. The van der Waals surface area contributed by atoms with Crippen molar-refractivity contribution < 1.29 is 9.59 Å². The van der Waals surface area contributed by atoms with Crippen LogP contribution in [-0.2, 0) is 9.59 Å². The molecule has 0 aromatic heterocycles. The van der Waals surface area contributed by atoms with E-state index in [1.54, 1.807) is 0 Å². The van der Waals surface area contributed by atoms with Crippen molar-refractivity contribution in [3.05, 3.63) is 0 Å². The fraction of sp³-hybridized carbons (Fsp3) is 0.905. The first-order chi connectivity index (χ1) is 11.2. The van der Waals surface area contributed by atoms with Crippen LogP contribution in [0.5, 0.6) is 0 Å². The fourth-order valence-corrected chi connectivity index (χ4v) is 5.45. The molecule has 0 aromatic rings. The smallest absolute Gasteiger partial charge is 0.136 e. The number of Topliss-reactive ketones (excluding diaryl/α,β-unsaturated/α-hetero) is 2. The fourth-order valence-electron chi connectivity index (χ4n) is 5.45. The topological polar surface area (TPSA) is 34.1 Å². The molecule has 3 fully saturated rings. The maximum atomic E-state index is 12.5. The first kappa shape index (κ1) is 17.2. The lowest BCUT2D eigenvalue weighted by molar-refractivity contribution is -0.128. The van der Waals surface area contributed by atoms with Gasteiger partial charge in [-0.15, -0.1) is 0 Å². The van der Waals surface area contributed by atoms with E-state index in [-0.39, 0.29) is 5.92 Å². The molecule has 0 saturated heterocycles. The van der Waals surface area contributed by atoms with Crippen LogP contribution < -0.4 is 0 Å². The van der Waals surface area contributed by atoms with Crippen LogP contribution in [0.2, 0.25) is 0 Å². The van der Waals surface area contributed by atoms with Crippen molar-refractivity contribution in [2.45, 2.75) is 96.3 Å². The van der Waals surface area contributed by atoms with Gasteiger partial charge in [0.1, 0.15) is 11.6 Å². The normalized spacial score (nSPS) is 32.3. The van der Waals surface area contributed by atoms with Gasteiger partial charge >= 0.3 is 0 Å². The molecule has 0 amide bonds. The van der Waals surface area contributed by atoms with Crippen molar-refractivity contribution in [3.8, 4) is 0 Å².